The molecule has 0 spiro atoms. The van der Waals surface area contributed by atoms with E-state index in [0.29, 0.717) is 0 Å². The van der Waals surface area contributed by atoms with E-state index in [9.17, 15) is 19.4 Å². The number of hydrogen-bond acceptors (Lipinski definition) is 3. The topological polar surface area (TPSA) is 69.6 Å². The minimum absolute atomic E-state index is 0.0815. The van der Waals surface area contributed by atoms with Gasteiger partial charge < -0.3 is 10.2 Å². The van der Waals surface area contributed by atoms with E-state index < -0.39 is 17.8 Å². The van der Waals surface area contributed by atoms with Crippen LogP contribution >= 0.6 is 0 Å². The lowest BCUT2D eigenvalue weighted by atomic mass is 9.94. The van der Waals surface area contributed by atoms with Crippen molar-refractivity contribution in [3.05, 3.63) is 29.6 Å². The van der Waals surface area contributed by atoms with E-state index in [0.717, 1.165) is 37.8 Å². The van der Waals surface area contributed by atoms with Gasteiger partial charge in [-0.2, -0.15) is 0 Å². The van der Waals surface area contributed by atoms with Gasteiger partial charge in [-0.25, -0.2) is 4.39 Å². The number of carboxylic acids is 1. The zero-order valence-corrected chi connectivity index (χ0v) is 10.6. The van der Waals surface area contributed by atoms with Gasteiger partial charge >= 0.3 is 5.97 Å². The van der Waals surface area contributed by atoms with Crippen molar-refractivity contribution in [3.63, 3.8) is 0 Å². The quantitative estimate of drug-likeness (QED) is 0.784. The molecule has 0 heterocycles. The third kappa shape index (κ3) is 3.44. The first-order valence-electron chi connectivity index (χ1n) is 6.55. The summed E-state index contributed by atoms with van der Waals surface area (Å²) in [4.78, 5) is 11.3. The van der Waals surface area contributed by atoms with Gasteiger partial charge in [0.15, 0.2) is 0 Å². The molecule has 0 saturated heterocycles. The summed E-state index contributed by atoms with van der Waals surface area (Å²) in [7, 11) is 0. The summed E-state index contributed by atoms with van der Waals surface area (Å²) in [6.07, 6.45) is 5.14. The van der Waals surface area contributed by atoms with Crippen LogP contribution in [0.1, 0.15) is 43.7 Å². The monoisotopic (exact) mass is 267 g/mol. The smallest absolute Gasteiger partial charge is 0.325 e. The fourth-order valence-corrected chi connectivity index (χ4v) is 2.56. The van der Waals surface area contributed by atoms with Crippen molar-refractivity contribution in [2.45, 2.75) is 44.2 Å². The van der Waals surface area contributed by atoms with Crippen LogP contribution in [0.2, 0.25) is 0 Å². The predicted molar refractivity (Wildman–Crippen MR) is 68.5 cm³/mol. The average Bonchev–Trinajstić information content (AvgIpc) is 2.40. The Morgan fingerprint density at radius 3 is 2.63 bits per heavy atom. The van der Waals surface area contributed by atoms with Gasteiger partial charge in [0.25, 0.3) is 0 Å². The van der Waals surface area contributed by atoms with Crippen LogP contribution in [0.3, 0.4) is 0 Å². The molecule has 1 atom stereocenters. The van der Waals surface area contributed by atoms with E-state index in [2.05, 4.69) is 5.32 Å². The van der Waals surface area contributed by atoms with Crippen molar-refractivity contribution in [2.75, 3.05) is 0 Å². The normalized spacial score (nSPS) is 18.2. The molecule has 0 amide bonds. The first kappa shape index (κ1) is 13.8. The number of carboxylic acid groups (broad SMARTS) is 1. The van der Waals surface area contributed by atoms with E-state index in [1.165, 1.54) is 12.5 Å². The first-order valence-corrected chi connectivity index (χ1v) is 6.55. The second-order valence-corrected chi connectivity index (χ2v) is 4.98. The number of carbonyl (C=O) groups is 1. The molecule has 4 nitrogen and oxygen atoms in total. The molecule has 1 aliphatic carbocycles. The molecule has 1 aliphatic rings. The van der Waals surface area contributed by atoms with E-state index >= 15 is 0 Å². The molecule has 1 unspecified atom stereocenters. The molecule has 19 heavy (non-hydrogen) atoms. The number of halogens is 1. The lowest BCUT2D eigenvalue weighted by Crippen LogP contribution is -2.38. The van der Waals surface area contributed by atoms with Crippen molar-refractivity contribution in [1.82, 2.24) is 5.32 Å². The van der Waals surface area contributed by atoms with Gasteiger partial charge in [0.1, 0.15) is 17.6 Å². The first-order chi connectivity index (χ1) is 9.08. The lowest BCUT2D eigenvalue weighted by molar-refractivity contribution is -0.140. The second kappa shape index (κ2) is 6.02. The summed E-state index contributed by atoms with van der Waals surface area (Å²) in [5.74, 6) is -1.85. The molecule has 104 valence electrons. The largest absolute Gasteiger partial charge is 0.508 e. The van der Waals surface area contributed by atoms with Crippen LogP contribution in [-0.4, -0.2) is 22.2 Å². The molecule has 0 aliphatic heterocycles. The summed E-state index contributed by atoms with van der Waals surface area (Å²) >= 11 is 0. The summed E-state index contributed by atoms with van der Waals surface area (Å²) < 4.78 is 13.2. The number of nitrogens with one attached hydrogen (secondary N) is 1. The van der Waals surface area contributed by atoms with Crippen molar-refractivity contribution in [3.8, 4) is 5.75 Å². The predicted octanol–water partition coefficient (Wildman–Crippen LogP) is 2.58. The Hall–Kier alpha value is -1.62. The fourth-order valence-electron chi connectivity index (χ4n) is 2.56. The van der Waals surface area contributed by atoms with Crippen LogP contribution in [0.5, 0.6) is 5.75 Å². The minimum Gasteiger partial charge on any atom is -0.508 e. The minimum atomic E-state index is -1.11. The maximum Gasteiger partial charge on any atom is 0.325 e. The maximum absolute atomic E-state index is 13.2. The standard InChI is InChI=1S/C14H18FNO3/c15-9-6-7-12(17)11(8-9)13(14(18)19)16-10-4-2-1-3-5-10/h6-8,10,13,16-17H,1-5H2,(H,18,19). The molecule has 1 aromatic rings. The van der Waals surface area contributed by atoms with Gasteiger partial charge in [0.05, 0.1) is 0 Å². The zero-order valence-electron chi connectivity index (χ0n) is 10.6. The Kier molecular flexibility index (Phi) is 4.37. The molecule has 2 rings (SSSR count). The molecule has 1 fully saturated rings. The molecule has 3 N–H and O–H groups in total. The van der Waals surface area contributed by atoms with Crippen molar-refractivity contribution in [2.24, 2.45) is 0 Å². The number of aromatic hydroxyl groups is 1. The number of hydrogen-bond donors (Lipinski definition) is 3. The molecule has 5 heteroatoms. The number of phenols is 1. The van der Waals surface area contributed by atoms with Crippen molar-refractivity contribution in [1.29, 1.82) is 0 Å². The molecule has 0 radical (unpaired) electrons. The Bertz CT molecular complexity index is 458. The summed E-state index contributed by atoms with van der Waals surface area (Å²) in [6.45, 7) is 0. The van der Waals surface area contributed by atoms with Crippen LogP contribution in [0, 0.1) is 5.82 Å². The molecule has 0 aromatic heterocycles. The second-order valence-electron chi connectivity index (χ2n) is 4.98. The molecular formula is C14H18FNO3. The Balaban J connectivity index is 2.19. The highest BCUT2D eigenvalue weighted by atomic mass is 19.1. The van der Waals surface area contributed by atoms with E-state index in [1.54, 1.807) is 0 Å². The summed E-state index contributed by atoms with van der Waals surface area (Å²) in [5, 5.41) is 22.0. The molecule has 1 saturated carbocycles. The van der Waals surface area contributed by atoms with Gasteiger partial charge in [-0.1, -0.05) is 19.3 Å². The summed E-state index contributed by atoms with van der Waals surface area (Å²) in [6, 6.07) is 2.40. The molecular weight excluding hydrogens is 249 g/mol. The molecule has 1 aromatic carbocycles. The number of aliphatic carboxylic acids is 1. The highest BCUT2D eigenvalue weighted by Gasteiger charge is 2.27. The zero-order chi connectivity index (χ0) is 13.8. The van der Waals surface area contributed by atoms with E-state index in [-0.39, 0.29) is 17.4 Å². The Morgan fingerprint density at radius 2 is 2.00 bits per heavy atom. The van der Waals surface area contributed by atoms with Gasteiger partial charge in [-0.3, -0.25) is 10.1 Å². The highest BCUT2D eigenvalue weighted by Crippen LogP contribution is 2.28. The van der Waals surface area contributed by atoms with Crippen LogP contribution in [-0.2, 0) is 4.79 Å². The van der Waals surface area contributed by atoms with Gasteiger partial charge in [0, 0.05) is 11.6 Å². The number of phenolic OH excluding ortho intramolecular Hbond substituents is 1. The average molecular weight is 267 g/mol. The van der Waals surface area contributed by atoms with Crippen molar-refractivity contribution < 1.29 is 19.4 Å². The van der Waals surface area contributed by atoms with E-state index in [1.807, 2.05) is 0 Å². The SMILES string of the molecule is O=C(O)C(NC1CCCCC1)c1cc(F)ccc1O. The van der Waals surface area contributed by atoms with Gasteiger partial charge in [-0.15, -0.1) is 0 Å². The van der Waals surface area contributed by atoms with Crippen LogP contribution in [0.15, 0.2) is 18.2 Å². The molecule has 0 bridgehead atoms. The number of rotatable bonds is 4. The Morgan fingerprint density at radius 1 is 1.32 bits per heavy atom. The lowest BCUT2D eigenvalue weighted by Gasteiger charge is -2.27. The van der Waals surface area contributed by atoms with Crippen LogP contribution in [0.25, 0.3) is 0 Å². The highest BCUT2D eigenvalue weighted by molar-refractivity contribution is 5.76. The van der Waals surface area contributed by atoms with Crippen LogP contribution in [0.4, 0.5) is 4.39 Å². The number of benzene rings is 1. The fraction of sp³-hybridized carbons (Fsp3) is 0.500. The maximum atomic E-state index is 13.2. The van der Waals surface area contributed by atoms with Gasteiger partial charge in [0.2, 0.25) is 0 Å². The van der Waals surface area contributed by atoms with E-state index in [4.69, 9.17) is 0 Å². The summed E-state index contributed by atoms with van der Waals surface area (Å²) in [5.41, 5.74) is 0.0815. The third-order valence-electron chi connectivity index (χ3n) is 3.56. The Labute approximate surface area is 111 Å². The van der Waals surface area contributed by atoms with Crippen molar-refractivity contribution >= 4 is 5.97 Å². The van der Waals surface area contributed by atoms with Gasteiger partial charge in [-0.05, 0) is 31.0 Å². The third-order valence-corrected chi connectivity index (χ3v) is 3.56. The van der Waals surface area contributed by atoms with Crippen LogP contribution < -0.4 is 5.32 Å².